The standard InChI is InChI=1S/C18H24P2/c1-19(2)11-16-14-9-5-7-13-8-6-10-15(18(13)14)17(16)12-20(3)4/h5-10,16-17H,11-12H2,1-4H3. The van der Waals surface area contributed by atoms with Gasteiger partial charge in [-0.3, -0.25) is 0 Å². The van der Waals surface area contributed by atoms with E-state index >= 15 is 0 Å². The molecule has 2 atom stereocenters. The van der Waals surface area contributed by atoms with Crippen molar-refractivity contribution >= 4 is 26.6 Å². The van der Waals surface area contributed by atoms with Crippen LogP contribution < -0.4 is 0 Å². The first-order valence-corrected chi connectivity index (χ1v) is 12.2. The maximum atomic E-state index is 2.43. The Bertz CT molecular complexity index is 565. The van der Waals surface area contributed by atoms with Crippen molar-refractivity contribution in [1.82, 2.24) is 0 Å². The molecule has 0 saturated carbocycles. The second kappa shape index (κ2) is 5.75. The van der Waals surface area contributed by atoms with Gasteiger partial charge in [-0.05, 0) is 72.7 Å². The minimum Gasteiger partial charge on any atom is -0.112 e. The summed E-state index contributed by atoms with van der Waals surface area (Å²) in [6.45, 7) is 9.71. The van der Waals surface area contributed by atoms with Crippen molar-refractivity contribution in [3.05, 3.63) is 47.5 Å². The molecule has 0 fully saturated rings. The summed E-state index contributed by atoms with van der Waals surface area (Å²) in [5.74, 6) is 1.53. The van der Waals surface area contributed by atoms with Crippen LogP contribution in [-0.2, 0) is 0 Å². The summed E-state index contributed by atoms with van der Waals surface area (Å²) in [4.78, 5) is 0. The second-order valence-electron chi connectivity index (χ2n) is 6.53. The fraction of sp³-hybridized carbons (Fsp3) is 0.444. The molecule has 0 aromatic heterocycles. The zero-order valence-corrected chi connectivity index (χ0v) is 14.7. The van der Waals surface area contributed by atoms with Crippen molar-refractivity contribution in [2.75, 3.05) is 39.0 Å². The maximum absolute atomic E-state index is 2.43. The Labute approximate surface area is 125 Å². The predicted molar refractivity (Wildman–Crippen MR) is 96.7 cm³/mol. The number of benzene rings is 2. The summed E-state index contributed by atoms with van der Waals surface area (Å²) in [6, 6.07) is 13.9. The molecule has 2 aromatic rings. The van der Waals surface area contributed by atoms with Crippen LogP contribution in [0.5, 0.6) is 0 Å². The molecule has 3 rings (SSSR count). The molecule has 0 nitrogen and oxygen atoms in total. The lowest BCUT2D eigenvalue weighted by Crippen LogP contribution is -2.12. The van der Waals surface area contributed by atoms with E-state index < -0.39 is 0 Å². The zero-order chi connectivity index (χ0) is 14.3. The Morgan fingerprint density at radius 1 is 0.750 bits per heavy atom. The van der Waals surface area contributed by atoms with Crippen molar-refractivity contribution in [1.29, 1.82) is 0 Å². The van der Waals surface area contributed by atoms with E-state index in [1.807, 2.05) is 0 Å². The van der Waals surface area contributed by atoms with E-state index in [1.165, 1.54) is 17.7 Å². The van der Waals surface area contributed by atoms with Gasteiger partial charge in [0.05, 0.1) is 0 Å². The fourth-order valence-corrected chi connectivity index (χ4v) is 6.17. The molecule has 0 spiro atoms. The van der Waals surface area contributed by atoms with Gasteiger partial charge in [0, 0.05) is 0 Å². The first kappa shape index (κ1) is 14.5. The molecule has 0 bridgehead atoms. The van der Waals surface area contributed by atoms with Crippen LogP contribution in [0, 0.1) is 0 Å². The Kier molecular flexibility index (Phi) is 4.16. The van der Waals surface area contributed by atoms with Crippen LogP contribution >= 0.6 is 15.8 Å². The molecular formula is C18H24P2. The molecule has 1 aliphatic carbocycles. The summed E-state index contributed by atoms with van der Waals surface area (Å²) in [7, 11) is 0.317. The molecule has 0 N–H and O–H groups in total. The number of hydrogen-bond donors (Lipinski definition) is 0. The highest BCUT2D eigenvalue weighted by Crippen LogP contribution is 2.53. The van der Waals surface area contributed by atoms with E-state index in [-0.39, 0.29) is 15.8 Å². The van der Waals surface area contributed by atoms with Gasteiger partial charge >= 0.3 is 0 Å². The minimum atomic E-state index is 0.159. The largest absolute Gasteiger partial charge is 0.112 e. The molecule has 0 radical (unpaired) electrons. The third kappa shape index (κ3) is 2.54. The summed E-state index contributed by atoms with van der Waals surface area (Å²) in [5, 5.41) is 3.03. The van der Waals surface area contributed by atoms with Gasteiger partial charge in [-0.15, -0.1) is 15.8 Å². The Morgan fingerprint density at radius 2 is 1.20 bits per heavy atom. The summed E-state index contributed by atoms with van der Waals surface area (Å²) in [5.41, 5.74) is 3.27. The van der Waals surface area contributed by atoms with Gasteiger partial charge in [-0.2, -0.15) is 0 Å². The Balaban J connectivity index is 2.13. The molecule has 0 amide bonds. The predicted octanol–water partition coefficient (Wildman–Crippen LogP) is 5.50. The number of rotatable bonds is 4. The van der Waals surface area contributed by atoms with E-state index in [0.717, 1.165) is 11.8 Å². The summed E-state index contributed by atoms with van der Waals surface area (Å²) < 4.78 is 0. The topological polar surface area (TPSA) is 0 Å². The van der Waals surface area contributed by atoms with Crippen molar-refractivity contribution in [3.8, 4) is 0 Å². The van der Waals surface area contributed by atoms with Gasteiger partial charge in [-0.25, -0.2) is 0 Å². The fourth-order valence-electron chi connectivity index (χ4n) is 3.69. The van der Waals surface area contributed by atoms with E-state index in [0.29, 0.717) is 0 Å². The molecule has 0 aliphatic heterocycles. The van der Waals surface area contributed by atoms with Crippen molar-refractivity contribution < 1.29 is 0 Å². The second-order valence-corrected chi connectivity index (χ2v) is 11.6. The van der Waals surface area contributed by atoms with E-state index in [1.54, 1.807) is 16.5 Å². The average Bonchev–Trinajstić information content (AvgIpc) is 2.67. The molecule has 0 heterocycles. The van der Waals surface area contributed by atoms with Crippen LogP contribution in [-0.4, -0.2) is 39.0 Å². The molecule has 1 aliphatic rings. The van der Waals surface area contributed by atoms with Gasteiger partial charge < -0.3 is 0 Å². The monoisotopic (exact) mass is 302 g/mol. The van der Waals surface area contributed by atoms with Crippen LogP contribution in [0.25, 0.3) is 10.8 Å². The first-order valence-electron chi connectivity index (χ1n) is 7.39. The Hall–Kier alpha value is -0.440. The number of hydrogen-bond acceptors (Lipinski definition) is 0. The highest BCUT2D eigenvalue weighted by Gasteiger charge is 2.34. The maximum Gasteiger partial charge on any atom is -0.00441 e. The Morgan fingerprint density at radius 3 is 1.60 bits per heavy atom. The van der Waals surface area contributed by atoms with Crippen LogP contribution in [0.1, 0.15) is 23.0 Å². The molecule has 0 saturated heterocycles. The molecule has 2 unspecified atom stereocenters. The van der Waals surface area contributed by atoms with Gasteiger partial charge in [0.25, 0.3) is 0 Å². The normalized spacial score (nSPS) is 21.3. The lowest BCUT2D eigenvalue weighted by Gasteiger charge is -2.25. The van der Waals surface area contributed by atoms with Gasteiger partial charge in [0.1, 0.15) is 0 Å². The van der Waals surface area contributed by atoms with E-state index in [4.69, 9.17) is 0 Å². The van der Waals surface area contributed by atoms with E-state index in [9.17, 15) is 0 Å². The lowest BCUT2D eigenvalue weighted by molar-refractivity contribution is 0.667. The quantitative estimate of drug-likeness (QED) is 0.654. The highest BCUT2D eigenvalue weighted by atomic mass is 31.1. The zero-order valence-electron chi connectivity index (χ0n) is 12.9. The lowest BCUT2D eigenvalue weighted by atomic mass is 9.93. The van der Waals surface area contributed by atoms with Gasteiger partial charge in [0.15, 0.2) is 0 Å². The third-order valence-corrected chi connectivity index (χ3v) is 6.62. The van der Waals surface area contributed by atoms with Crippen LogP contribution in [0.3, 0.4) is 0 Å². The first-order chi connectivity index (χ1) is 9.58. The van der Waals surface area contributed by atoms with E-state index in [2.05, 4.69) is 63.1 Å². The van der Waals surface area contributed by atoms with Crippen LogP contribution in [0.4, 0.5) is 0 Å². The SMILES string of the molecule is CP(C)CC1c2cccc3cccc(c23)C1CP(C)C. The molecular weight excluding hydrogens is 278 g/mol. The minimum absolute atomic E-state index is 0.159. The summed E-state index contributed by atoms with van der Waals surface area (Å²) in [6.07, 6.45) is 2.77. The average molecular weight is 302 g/mol. The van der Waals surface area contributed by atoms with Crippen molar-refractivity contribution in [2.45, 2.75) is 11.8 Å². The molecule has 2 heteroatoms. The molecule has 106 valence electrons. The van der Waals surface area contributed by atoms with Crippen molar-refractivity contribution in [2.24, 2.45) is 0 Å². The molecule has 20 heavy (non-hydrogen) atoms. The van der Waals surface area contributed by atoms with Crippen LogP contribution in [0.15, 0.2) is 36.4 Å². The van der Waals surface area contributed by atoms with Crippen molar-refractivity contribution in [3.63, 3.8) is 0 Å². The highest BCUT2D eigenvalue weighted by molar-refractivity contribution is 7.56. The van der Waals surface area contributed by atoms with Gasteiger partial charge in [-0.1, -0.05) is 36.4 Å². The molecule has 2 aromatic carbocycles. The third-order valence-electron chi connectivity index (χ3n) is 4.38. The summed E-state index contributed by atoms with van der Waals surface area (Å²) >= 11 is 0. The van der Waals surface area contributed by atoms with Crippen LogP contribution in [0.2, 0.25) is 0 Å². The van der Waals surface area contributed by atoms with Gasteiger partial charge in [0.2, 0.25) is 0 Å². The smallest absolute Gasteiger partial charge is 0.00441 e.